The van der Waals surface area contributed by atoms with Gasteiger partial charge < -0.3 is 10.6 Å². The topological polar surface area (TPSA) is 64.8 Å². The van der Waals surface area contributed by atoms with Crippen LogP contribution in [0.2, 0.25) is 0 Å². The van der Waals surface area contributed by atoms with Crippen LogP contribution in [0.25, 0.3) is 5.57 Å². The standard InChI is InChI=1S/C20H29N5O/c1-4-24(5-2)20(26)22-25-12-13-11-17-14(7-6-10-23(17)3)19-15(21)8-9-16(25)18(13)19/h7-9,13,17H,4-6,10-12,21H2,1-3H3,(H,22,26)/t13?,17-/m1/s1. The summed E-state index contributed by atoms with van der Waals surface area (Å²) in [5, 5.41) is 2.03. The molecule has 3 N–H and O–H groups in total. The molecule has 0 spiro atoms. The molecule has 6 nitrogen and oxygen atoms in total. The predicted molar refractivity (Wildman–Crippen MR) is 106 cm³/mol. The van der Waals surface area contributed by atoms with Crippen LogP contribution in [0.3, 0.4) is 0 Å². The Kier molecular flexibility index (Phi) is 4.31. The van der Waals surface area contributed by atoms with Crippen LogP contribution < -0.4 is 16.2 Å². The predicted octanol–water partition coefficient (Wildman–Crippen LogP) is 2.63. The minimum atomic E-state index is -0.0343. The second-order valence-corrected chi connectivity index (χ2v) is 7.54. The number of hydrazine groups is 1. The number of benzene rings is 1. The molecule has 1 aromatic carbocycles. The van der Waals surface area contributed by atoms with Crippen LogP contribution >= 0.6 is 0 Å². The Hall–Kier alpha value is -2.21. The molecule has 26 heavy (non-hydrogen) atoms. The summed E-state index contributed by atoms with van der Waals surface area (Å²) >= 11 is 0. The highest BCUT2D eigenvalue weighted by molar-refractivity contribution is 5.89. The molecule has 1 aromatic rings. The third-order valence-electron chi connectivity index (χ3n) is 6.17. The molecule has 0 radical (unpaired) electrons. The lowest BCUT2D eigenvalue weighted by molar-refractivity contribution is 0.202. The van der Waals surface area contributed by atoms with Gasteiger partial charge in [-0.05, 0) is 57.0 Å². The van der Waals surface area contributed by atoms with Crippen LogP contribution in [0.4, 0.5) is 16.2 Å². The van der Waals surface area contributed by atoms with Gasteiger partial charge in [0.25, 0.3) is 0 Å². The van der Waals surface area contributed by atoms with Gasteiger partial charge in [-0.15, -0.1) is 0 Å². The molecule has 140 valence electrons. The number of fused-ring (bicyclic) bond motifs is 2. The fourth-order valence-corrected chi connectivity index (χ4v) is 4.80. The average Bonchev–Trinajstić information content (AvgIpc) is 2.97. The molecule has 3 aliphatic rings. The van der Waals surface area contributed by atoms with Crippen molar-refractivity contribution in [1.29, 1.82) is 0 Å². The van der Waals surface area contributed by atoms with E-state index in [1.807, 2.05) is 24.9 Å². The number of nitrogens with one attached hydrogen (secondary N) is 1. The van der Waals surface area contributed by atoms with Crippen LogP contribution in [0.5, 0.6) is 0 Å². The van der Waals surface area contributed by atoms with E-state index in [4.69, 9.17) is 5.73 Å². The normalized spacial score (nSPS) is 24.0. The smallest absolute Gasteiger partial charge is 0.336 e. The van der Waals surface area contributed by atoms with Gasteiger partial charge in [0.1, 0.15) is 0 Å². The third-order valence-corrected chi connectivity index (χ3v) is 6.17. The largest absolute Gasteiger partial charge is 0.398 e. The summed E-state index contributed by atoms with van der Waals surface area (Å²) in [6.45, 7) is 7.33. The lowest BCUT2D eigenvalue weighted by atomic mass is 9.75. The van der Waals surface area contributed by atoms with Crippen molar-refractivity contribution in [3.05, 3.63) is 29.3 Å². The molecule has 0 aromatic heterocycles. The van der Waals surface area contributed by atoms with Gasteiger partial charge in [0.05, 0.1) is 5.69 Å². The van der Waals surface area contributed by atoms with Gasteiger partial charge in [-0.3, -0.25) is 9.91 Å². The van der Waals surface area contributed by atoms with E-state index in [0.717, 1.165) is 37.3 Å². The molecular formula is C20H29N5O. The summed E-state index contributed by atoms with van der Waals surface area (Å²) in [4.78, 5) is 16.8. The molecule has 0 saturated heterocycles. The van der Waals surface area contributed by atoms with Crippen molar-refractivity contribution in [2.45, 2.75) is 38.6 Å². The first kappa shape index (κ1) is 17.2. The van der Waals surface area contributed by atoms with Gasteiger partial charge in [0.15, 0.2) is 0 Å². The monoisotopic (exact) mass is 355 g/mol. The zero-order valence-corrected chi connectivity index (χ0v) is 16.0. The maximum absolute atomic E-state index is 12.6. The number of nitrogens with zero attached hydrogens (tertiary/aromatic N) is 3. The molecule has 2 heterocycles. The van der Waals surface area contributed by atoms with Gasteiger partial charge in [-0.1, -0.05) is 6.08 Å². The number of hydrogen-bond donors (Lipinski definition) is 2. The number of carbonyl (C=O) groups is 1. The number of nitrogens with two attached hydrogens (primary N) is 1. The number of urea groups is 1. The quantitative estimate of drug-likeness (QED) is 0.818. The van der Waals surface area contributed by atoms with Gasteiger partial charge in [-0.25, -0.2) is 10.2 Å². The molecule has 1 unspecified atom stereocenters. The van der Waals surface area contributed by atoms with Crippen LogP contribution in [-0.2, 0) is 0 Å². The Morgan fingerprint density at radius 2 is 2.12 bits per heavy atom. The highest BCUT2D eigenvalue weighted by Gasteiger charge is 2.42. The van der Waals surface area contributed by atoms with E-state index in [1.165, 1.54) is 16.7 Å². The number of hydrogen-bond acceptors (Lipinski definition) is 4. The van der Waals surface area contributed by atoms with Crippen LogP contribution in [0.15, 0.2) is 18.2 Å². The van der Waals surface area contributed by atoms with E-state index >= 15 is 0 Å². The second kappa shape index (κ2) is 6.50. The van der Waals surface area contributed by atoms with Gasteiger partial charge in [-0.2, -0.15) is 0 Å². The van der Waals surface area contributed by atoms with Gasteiger partial charge in [0.2, 0.25) is 0 Å². The molecule has 6 heteroatoms. The Balaban J connectivity index is 1.70. The molecular weight excluding hydrogens is 326 g/mol. The van der Waals surface area contributed by atoms with Crippen molar-refractivity contribution >= 4 is 23.0 Å². The van der Waals surface area contributed by atoms with Crippen LogP contribution in [-0.4, -0.2) is 55.1 Å². The van der Waals surface area contributed by atoms with E-state index in [2.05, 4.69) is 29.5 Å². The molecule has 4 rings (SSSR count). The summed E-state index contributed by atoms with van der Waals surface area (Å²) in [6, 6.07) is 4.44. The Labute approximate surface area is 155 Å². The fourth-order valence-electron chi connectivity index (χ4n) is 4.80. The number of amides is 2. The summed E-state index contributed by atoms with van der Waals surface area (Å²) in [5.74, 6) is 0.406. The van der Waals surface area contributed by atoms with Crippen molar-refractivity contribution in [3.63, 3.8) is 0 Å². The number of rotatable bonds is 3. The van der Waals surface area contributed by atoms with Crippen molar-refractivity contribution in [2.75, 3.05) is 44.0 Å². The van der Waals surface area contributed by atoms with Crippen molar-refractivity contribution in [3.8, 4) is 0 Å². The first-order valence-electron chi connectivity index (χ1n) is 9.71. The molecule has 2 atom stereocenters. The molecule has 0 bridgehead atoms. The van der Waals surface area contributed by atoms with Crippen LogP contribution in [0.1, 0.15) is 43.7 Å². The molecule has 0 saturated carbocycles. The highest BCUT2D eigenvalue weighted by Crippen LogP contribution is 2.51. The number of carbonyl (C=O) groups excluding carboxylic acids is 1. The SMILES string of the molecule is CCN(CC)C(=O)NN1CC2C[C@@H]3C(=CCCN3C)c3c(N)ccc1c32. The Morgan fingerprint density at radius 3 is 2.85 bits per heavy atom. The number of nitrogen functional groups attached to an aromatic ring is 1. The fraction of sp³-hybridized carbons (Fsp3) is 0.550. The van der Waals surface area contributed by atoms with E-state index < -0.39 is 0 Å². The van der Waals surface area contributed by atoms with Gasteiger partial charge >= 0.3 is 6.03 Å². The summed E-state index contributed by atoms with van der Waals surface area (Å²) < 4.78 is 0. The van der Waals surface area contributed by atoms with Crippen molar-refractivity contribution < 1.29 is 4.79 Å². The number of likely N-dealkylation sites (N-methyl/N-ethyl adjacent to an activating group) is 1. The van der Waals surface area contributed by atoms with Crippen molar-refractivity contribution in [2.24, 2.45) is 0 Å². The summed E-state index contributed by atoms with van der Waals surface area (Å²) in [6.07, 6.45) is 4.52. The molecule has 0 fully saturated rings. The van der Waals surface area contributed by atoms with E-state index in [-0.39, 0.29) is 6.03 Å². The summed E-state index contributed by atoms with van der Waals surface area (Å²) in [5.41, 5.74) is 15.4. The third kappa shape index (κ3) is 2.55. The van der Waals surface area contributed by atoms with Crippen LogP contribution in [0, 0.1) is 0 Å². The van der Waals surface area contributed by atoms with E-state index in [0.29, 0.717) is 25.0 Å². The van der Waals surface area contributed by atoms with E-state index in [1.54, 1.807) is 4.90 Å². The minimum absolute atomic E-state index is 0.0343. The lowest BCUT2D eigenvalue weighted by Crippen LogP contribution is -2.49. The maximum atomic E-state index is 12.6. The van der Waals surface area contributed by atoms with Crippen molar-refractivity contribution in [1.82, 2.24) is 15.2 Å². The lowest BCUT2D eigenvalue weighted by Gasteiger charge is -2.40. The Morgan fingerprint density at radius 1 is 1.35 bits per heavy atom. The first-order valence-corrected chi connectivity index (χ1v) is 9.71. The highest BCUT2D eigenvalue weighted by atomic mass is 16.2. The molecule has 2 aliphatic heterocycles. The minimum Gasteiger partial charge on any atom is -0.398 e. The second-order valence-electron chi connectivity index (χ2n) is 7.54. The Bertz CT molecular complexity index is 755. The maximum Gasteiger partial charge on any atom is 0.336 e. The first-order chi connectivity index (χ1) is 12.5. The zero-order chi connectivity index (χ0) is 18.4. The average molecular weight is 355 g/mol. The molecule has 2 amide bonds. The van der Waals surface area contributed by atoms with E-state index in [9.17, 15) is 4.79 Å². The van der Waals surface area contributed by atoms with Gasteiger partial charge in [0, 0.05) is 49.4 Å². The zero-order valence-electron chi connectivity index (χ0n) is 16.0. The number of anilines is 2. The summed E-state index contributed by atoms with van der Waals surface area (Å²) in [7, 11) is 2.21. The molecule has 1 aliphatic carbocycles.